The van der Waals surface area contributed by atoms with Crippen molar-refractivity contribution in [1.82, 2.24) is 10.2 Å². The Morgan fingerprint density at radius 2 is 1.68 bits per heavy atom. The topological polar surface area (TPSA) is 49.4 Å². The molecule has 37 heavy (non-hydrogen) atoms. The first-order valence-corrected chi connectivity index (χ1v) is 14.3. The lowest BCUT2D eigenvalue weighted by Crippen LogP contribution is -2.48. The van der Waals surface area contributed by atoms with E-state index in [4.69, 9.17) is 34.8 Å². The number of amides is 2. The minimum absolute atomic E-state index is 0.0177. The monoisotopic (exact) mass is 574 g/mol. The molecule has 0 spiro atoms. The lowest BCUT2D eigenvalue weighted by Gasteiger charge is -2.30. The van der Waals surface area contributed by atoms with Crippen molar-refractivity contribution in [2.75, 3.05) is 12.3 Å². The van der Waals surface area contributed by atoms with Crippen LogP contribution in [0.2, 0.25) is 15.1 Å². The predicted molar refractivity (Wildman–Crippen MR) is 155 cm³/mol. The molecular formula is C29H29Cl3N2O2S. The third kappa shape index (κ3) is 6.46. The Labute approximate surface area is 237 Å². The Kier molecular flexibility index (Phi) is 8.80. The lowest BCUT2D eigenvalue weighted by atomic mass is 9.86. The molecule has 3 aromatic rings. The highest BCUT2D eigenvalue weighted by Gasteiger charge is 2.43. The molecule has 0 saturated carbocycles. The zero-order valence-corrected chi connectivity index (χ0v) is 24.0. The number of halogens is 3. The molecule has 0 bridgehead atoms. The van der Waals surface area contributed by atoms with Crippen molar-refractivity contribution in [3.05, 3.63) is 104 Å². The maximum Gasteiger partial charge on any atom is 0.257 e. The number of hydrogen-bond acceptors (Lipinski definition) is 3. The van der Waals surface area contributed by atoms with Crippen LogP contribution in [0.4, 0.5) is 0 Å². The molecule has 2 amide bonds. The molecule has 1 saturated heterocycles. The molecule has 0 radical (unpaired) electrons. The molecule has 1 fully saturated rings. The summed E-state index contributed by atoms with van der Waals surface area (Å²) < 4.78 is 0. The second kappa shape index (κ2) is 11.7. The summed E-state index contributed by atoms with van der Waals surface area (Å²) in [7, 11) is 0. The van der Waals surface area contributed by atoms with Crippen LogP contribution in [-0.4, -0.2) is 35.1 Å². The molecule has 8 heteroatoms. The van der Waals surface area contributed by atoms with E-state index in [0.717, 1.165) is 11.1 Å². The van der Waals surface area contributed by atoms with Gasteiger partial charge in [0.15, 0.2) is 0 Å². The molecule has 4 nitrogen and oxygen atoms in total. The normalized spacial score (nSPS) is 17.6. The van der Waals surface area contributed by atoms with Crippen molar-refractivity contribution in [3.63, 3.8) is 0 Å². The zero-order valence-electron chi connectivity index (χ0n) is 20.9. The molecule has 2 unspecified atom stereocenters. The van der Waals surface area contributed by atoms with Crippen LogP contribution in [0.3, 0.4) is 0 Å². The number of benzene rings is 3. The quantitative estimate of drug-likeness (QED) is 0.330. The largest absolute Gasteiger partial charge is 0.354 e. The highest BCUT2D eigenvalue weighted by Crippen LogP contribution is 2.43. The first-order valence-electron chi connectivity index (χ1n) is 12.1. The van der Waals surface area contributed by atoms with Crippen LogP contribution < -0.4 is 5.32 Å². The van der Waals surface area contributed by atoms with E-state index in [1.54, 1.807) is 53.1 Å². The van der Waals surface area contributed by atoms with E-state index >= 15 is 0 Å². The SMILES string of the molecule is CC(C)(C)c1ccc(C2SCC(C(=O)NCCc3ccc(Cl)cc3Cl)N2C(=O)c2ccccc2Cl)cc1. The van der Waals surface area contributed by atoms with Gasteiger partial charge in [-0.2, -0.15) is 0 Å². The van der Waals surface area contributed by atoms with E-state index in [0.29, 0.717) is 39.3 Å². The number of hydrogen-bond donors (Lipinski definition) is 1. The molecular weight excluding hydrogens is 547 g/mol. The van der Waals surface area contributed by atoms with Crippen molar-refractivity contribution in [1.29, 1.82) is 0 Å². The van der Waals surface area contributed by atoms with Crippen LogP contribution >= 0.6 is 46.6 Å². The molecule has 3 aromatic carbocycles. The van der Waals surface area contributed by atoms with Crippen LogP contribution in [0.1, 0.15) is 53.2 Å². The third-order valence-corrected chi connectivity index (χ3v) is 8.65. The fourth-order valence-corrected chi connectivity index (χ4v) is 6.45. The number of nitrogens with zero attached hydrogens (tertiary/aromatic N) is 1. The number of carbonyl (C=O) groups is 2. The van der Waals surface area contributed by atoms with Gasteiger partial charge in [0.1, 0.15) is 11.4 Å². The molecule has 194 valence electrons. The summed E-state index contributed by atoms with van der Waals surface area (Å²) in [5.41, 5.74) is 3.48. The second-order valence-corrected chi connectivity index (χ2v) is 12.4. The van der Waals surface area contributed by atoms with Crippen LogP contribution in [-0.2, 0) is 16.6 Å². The van der Waals surface area contributed by atoms with Gasteiger partial charge in [-0.05, 0) is 52.8 Å². The Morgan fingerprint density at radius 3 is 2.32 bits per heavy atom. The van der Waals surface area contributed by atoms with Crippen LogP contribution in [0.25, 0.3) is 0 Å². The minimum atomic E-state index is -0.637. The van der Waals surface area contributed by atoms with Crippen LogP contribution in [0.15, 0.2) is 66.7 Å². The highest BCUT2D eigenvalue weighted by atomic mass is 35.5. The summed E-state index contributed by atoms with van der Waals surface area (Å²) in [6.45, 7) is 6.88. The van der Waals surface area contributed by atoms with Gasteiger partial charge < -0.3 is 10.2 Å². The van der Waals surface area contributed by atoms with Crippen molar-refractivity contribution >= 4 is 58.4 Å². The number of rotatable bonds is 6. The Bertz CT molecular complexity index is 1290. The third-order valence-electron chi connectivity index (χ3n) is 6.41. The van der Waals surface area contributed by atoms with Gasteiger partial charge in [-0.15, -0.1) is 11.8 Å². The van der Waals surface area contributed by atoms with Crippen molar-refractivity contribution < 1.29 is 9.59 Å². The van der Waals surface area contributed by atoms with Gasteiger partial charge in [-0.25, -0.2) is 0 Å². The first-order chi connectivity index (χ1) is 17.6. The van der Waals surface area contributed by atoms with Gasteiger partial charge in [0.25, 0.3) is 5.91 Å². The van der Waals surface area contributed by atoms with E-state index in [1.165, 1.54) is 5.56 Å². The van der Waals surface area contributed by atoms with Gasteiger partial charge in [-0.1, -0.05) is 98.0 Å². The molecule has 1 heterocycles. The van der Waals surface area contributed by atoms with Gasteiger partial charge in [0.05, 0.1) is 10.6 Å². The van der Waals surface area contributed by atoms with Crippen molar-refractivity contribution in [3.8, 4) is 0 Å². The van der Waals surface area contributed by atoms with Crippen molar-refractivity contribution in [2.45, 2.75) is 44.0 Å². The zero-order chi connectivity index (χ0) is 26.7. The van der Waals surface area contributed by atoms with Crippen molar-refractivity contribution in [2.24, 2.45) is 0 Å². The number of carbonyl (C=O) groups excluding carboxylic acids is 2. The lowest BCUT2D eigenvalue weighted by molar-refractivity contribution is -0.124. The van der Waals surface area contributed by atoms with E-state index in [2.05, 4.69) is 38.2 Å². The van der Waals surface area contributed by atoms with Crippen LogP contribution in [0, 0.1) is 0 Å². The summed E-state index contributed by atoms with van der Waals surface area (Å²) in [6, 6.07) is 19.9. The number of thioether (sulfide) groups is 1. The van der Waals surface area contributed by atoms with E-state index in [1.807, 2.05) is 18.2 Å². The fourth-order valence-electron chi connectivity index (χ4n) is 4.30. The summed E-state index contributed by atoms with van der Waals surface area (Å²) in [6.07, 6.45) is 0.553. The van der Waals surface area contributed by atoms with E-state index < -0.39 is 6.04 Å². The fraction of sp³-hybridized carbons (Fsp3) is 0.310. The molecule has 2 atom stereocenters. The van der Waals surface area contributed by atoms with E-state index in [-0.39, 0.29) is 22.6 Å². The maximum absolute atomic E-state index is 13.8. The number of nitrogens with one attached hydrogen (secondary N) is 1. The predicted octanol–water partition coefficient (Wildman–Crippen LogP) is 7.56. The smallest absolute Gasteiger partial charge is 0.257 e. The molecule has 0 aromatic heterocycles. The Hall–Kier alpha value is -2.18. The first kappa shape index (κ1) is 27.8. The maximum atomic E-state index is 13.8. The van der Waals surface area contributed by atoms with Crippen LogP contribution in [0.5, 0.6) is 0 Å². The molecule has 1 N–H and O–H groups in total. The highest BCUT2D eigenvalue weighted by molar-refractivity contribution is 7.99. The Balaban J connectivity index is 1.56. The molecule has 0 aliphatic carbocycles. The minimum Gasteiger partial charge on any atom is -0.354 e. The second-order valence-electron chi connectivity index (χ2n) is 10.0. The summed E-state index contributed by atoms with van der Waals surface area (Å²) in [5.74, 6) is 0.0169. The standard InChI is InChI=1S/C29H29Cl3N2O2S/c1-29(2,3)20-11-8-19(9-12-20)28-34(27(36)22-6-4-5-7-23(22)31)25(17-37-28)26(35)33-15-14-18-10-13-21(30)16-24(18)32/h4-13,16,25,28H,14-15,17H2,1-3H3,(H,33,35). The summed E-state index contributed by atoms with van der Waals surface area (Å²) in [5, 5.41) is 4.18. The van der Waals surface area contributed by atoms with Gasteiger partial charge >= 0.3 is 0 Å². The molecule has 1 aliphatic rings. The molecule has 4 rings (SSSR count). The Morgan fingerprint density at radius 1 is 0.973 bits per heavy atom. The average molecular weight is 576 g/mol. The average Bonchev–Trinajstić information content (AvgIpc) is 3.30. The van der Waals surface area contributed by atoms with Gasteiger partial charge in [0, 0.05) is 22.3 Å². The molecule has 1 aliphatic heterocycles. The van der Waals surface area contributed by atoms with Gasteiger partial charge in [0.2, 0.25) is 5.91 Å². The summed E-state index contributed by atoms with van der Waals surface area (Å²) >= 11 is 20.2. The van der Waals surface area contributed by atoms with Gasteiger partial charge in [-0.3, -0.25) is 9.59 Å². The van der Waals surface area contributed by atoms with E-state index in [9.17, 15) is 9.59 Å². The summed E-state index contributed by atoms with van der Waals surface area (Å²) in [4.78, 5) is 28.8.